The molecule has 0 bridgehead atoms. The molecule has 5 nitrogen and oxygen atoms in total. The Bertz CT molecular complexity index is 396. The first-order valence-electron chi connectivity index (χ1n) is 6.19. The van der Waals surface area contributed by atoms with E-state index in [1.807, 2.05) is 43.3 Å². The summed E-state index contributed by atoms with van der Waals surface area (Å²) < 4.78 is 0. The van der Waals surface area contributed by atoms with E-state index in [0.717, 1.165) is 24.5 Å². The molecule has 1 aromatic rings. The molecule has 1 amide bonds. The molecule has 0 spiro atoms. The van der Waals surface area contributed by atoms with Gasteiger partial charge in [-0.05, 0) is 24.3 Å². The molecule has 1 unspecified atom stereocenters. The van der Waals surface area contributed by atoms with Gasteiger partial charge < -0.3 is 20.9 Å². The predicted octanol–water partition coefficient (Wildman–Crippen LogP) is 0.253. The van der Waals surface area contributed by atoms with Gasteiger partial charge in [-0.25, -0.2) is 0 Å². The highest BCUT2D eigenvalue weighted by molar-refractivity contribution is 5.95. The zero-order valence-corrected chi connectivity index (χ0v) is 10.9. The fourth-order valence-corrected chi connectivity index (χ4v) is 1.91. The molecule has 5 heteroatoms. The van der Waals surface area contributed by atoms with Crippen molar-refractivity contribution in [3.63, 3.8) is 0 Å². The number of benzene rings is 1. The predicted molar refractivity (Wildman–Crippen MR) is 74.1 cm³/mol. The van der Waals surface area contributed by atoms with E-state index in [4.69, 9.17) is 0 Å². The summed E-state index contributed by atoms with van der Waals surface area (Å²) in [5, 5.41) is 9.30. The Morgan fingerprint density at radius 3 is 2.56 bits per heavy atom. The fraction of sp³-hybridized carbons (Fsp3) is 0.462. The van der Waals surface area contributed by atoms with Gasteiger partial charge >= 0.3 is 0 Å². The monoisotopic (exact) mass is 248 g/mol. The summed E-state index contributed by atoms with van der Waals surface area (Å²) in [6.45, 7) is 2.43. The molecule has 2 rings (SSSR count). The van der Waals surface area contributed by atoms with Crippen LogP contribution in [-0.4, -0.2) is 45.7 Å². The molecule has 0 aliphatic carbocycles. The van der Waals surface area contributed by atoms with Crippen LogP contribution in [-0.2, 0) is 4.79 Å². The van der Waals surface area contributed by atoms with Crippen LogP contribution in [0, 0.1) is 0 Å². The van der Waals surface area contributed by atoms with Crippen molar-refractivity contribution in [3.8, 4) is 0 Å². The minimum absolute atomic E-state index is 0.0137. The number of hydrogen-bond acceptors (Lipinski definition) is 4. The van der Waals surface area contributed by atoms with Gasteiger partial charge in [-0.3, -0.25) is 4.79 Å². The van der Waals surface area contributed by atoms with E-state index in [1.165, 1.54) is 0 Å². The normalized spacial score (nSPS) is 19.3. The second kappa shape index (κ2) is 5.84. The van der Waals surface area contributed by atoms with Gasteiger partial charge in [0.1, 0.15) is 0 Å². The minimum Gasteiger partial charge on any atom is -0.378 e. The molecule has 1 saturated heterocycles. The summed E-state index contributed by atoms with van der Waals surface area (Å²) >= 11 is 0. The van der Waals surface area contributed by atoms with Crippen molar-refractivity contribution in [1.82, 2.24) is 10.6 Å². The number of hydrogen-bond donors (Lipinski definition) is 3. The SMILES string of the molecule is CN(C)c1ccc(NC(=O)C2CNCCN2)cc1. The molecule has 0 saturated carbocycles. The largest absolute Gasteiger partial charge is 0.378 e. The minimum atomic E-state index is -0.146. The van der Waals surface area contributed by atoms with Crippen molar-refractivity contribution in [3.05, 3.63) is 24.3 Å². The molecule has 3 N–H and O–H groups in total. The Morgan fingerprint density at radius 1 is 1.28 bits per heavy atom. The van der Waals surface area contributed by atoms with E-state index < -0.39 is 0 Å². The quantitative estimate of drug-likeness (QED) is 0.718. The van der Waals surface area contributed by atoms with Gasteiger partial charge in [0.2, 0.25) is 5.91 Å². The number of anilines is 2. The summed E-state index contributed by atoms with van der Waals surface area (Å²) in [5.74, 6) is 0.0137. The fourth-order valence-electron chi connectivity index (χ4n) is 1.91. The van der Waals surface area contributed by atoms with Crippen LogP contribution in [0.25, 0.3) is 0 Å². The topological polar surface area (TPSA) is 56.4 Å². The van der Waals surface area contributed by atoms with Crippen LogP contribution in [0.4, 0.5) is 11.4 Å². The Balaban J connectivity index is 1.94. The van der Waals surface area contributed by atoms with Crippen molar-refractivity contribution in [1.29, 1.82) is 0 Å². The number of rotatable bonds is 3. The standard InChI is InChI=1S/C13H20N4O/c1-17(2)11-5-3-10(4-6-11)16-13(18)12-9-14-7-8-15-12/h3-6,12,14-15H,7-9H2,1-2H3,(H,16,18). The zero-order valence-electron chi connectivity index (χ0n) is 10.9. The smallest absolute Gasteiger partial charge is 0.242 e. The van der Waals surface area contributed by atoms with Crippen LogP contribution < -0.4 is 20.9 Å². The molecule has 1 aromatic carbocycles. The Labute approximate surface area is 108 Å². The lowest BCUT2D eigenvalue weighted by molar-refractivity contribution is -0.118. The number of nitrogens with zero attached hydrogens (tertiary/aromatic N) is 1. The molecule has 1 aliphatic rings. The molecule has 0 aromatic heterocycles. The van der Waals surface area contributed by atoms with Crippen molar-refractivity contribution in [2.75, 3.05) is 43.9 Å². The van der Waals surface area contributed by atoms with E-state index >= 15 is 0 Å². The lowest BCUT2D eigenvalue weighted by Gasteiger charge is -2.23. The molecular formula is C13H20N4O. The van der Waals surface area contributed by atoms with Crippen LogP contribution >= 0.6 is 0 Å². The number of carbonyl (C=O) groups excluding carboxylic acids is 1. The van der Waals surface area contributed by atoms with Crippen LogP contribution in [0.3, 0.4) is 0 Å². The second-order valence-electron chi connectivity index (χ2n) is 4.64. The van der Waals surface area contributed by atoms with Crippen molar-refractivity contribution < 1.29 is 4.79 Å². The first kappa shape index (κ1) is 12.9. The number of nitrogens with one attached hydrogen (secondary N) is 3. The summed E-state index contributed by atoms with van der Waals surface area (Å²) in [6, 6.07) is 7.67. The maximum absolute atomic E-state index is 12.0. The Morgan fingerprint density at radius 2 is 2.00 bits per heavy atom. The van der Waals surface area contributed by atoms with Gasteiger partial charge in [0, 0.05) is 45.1 Å². The van der Waals surface area contributed by atoms with Crippen molar-refractivity contribution in [2.24, 2.45) is 0 Å². The summed E-state index contributed by atoms with van der Waals surface area (Å²) in [4.78, 5) is 14.0. The number of carbonyl (C=O) groups is 1. The zero-order chi connectivity index (χ0) is 13.0. The van der Waals surface area contributed by atoms with Gasteiger partial charge in [0.05, 0.1) is 6.04 Å². The van der Waals surface area contributed by atoms with Gasteiger partial charge in [-0.1, -0.05) is 0 Å². The maximum atomic E-state index is 12.0. The van der Waals surface area contributed by atoms with Crippen LogP contribution in [0.1, 0.15) is 0 Å². The third-order valence-corrected chi connectivity index (χ3v) is 3.01. The third-order valence-electron chi connectivity index (χ3n) is 3.01. The van der Waals surface area contributed by atoms with Gasteiger partial charge in [-0.2, -0.15) is 0 Å². The van der Waals surface area contributed by atoms with Crippen molar-refractivity contribution >= 4 is 17.3 Å². The molecule has 18 heavy (non-hydrogen) atoms. The van der Waals surface area contributed by atoms with Gasteiger partial charge in [0.15, 0.2) is 0 Å². The van der Waals surface area contributed by atoms with Crippen molar-refractivity contribution in [2.45, 2.75) is 6.04 Å². The number of piperazine rings is 1. The number of amides is 1. The lowest BCUT2D eigenvalue weighted by atomic mass is 10.2. The third kappa shape index (κ3) is 3.21. The van der Waals surface area contributed by atoms with Gasteiger partial charge in [-0.15, -0.1) is 0 Å². The van der Waals surface area contributed by atoms with Gasteiger partial charge in [0.25, 0.3) is 0 Å². The summed E-state index contributed by atoms with van der Waals surface area (Å²) in [6.07, 6.45) is 0. The molecule has 98 valence electrons. The molecule has 1 fully saturated rings. The molecule has 0 radical (unpaired) electrons. The second-order valence-corrected chi connectivity index (χ2v) is 4.64. The Hall–Kier alpha value is -1.59. The van der Waals surface area contributed by atoms with Crippen LogP contribution in [0.5, 0.6) is 0 Å². The van der Waals surface area contributed by atoms with E-state index in [1.54, 1.807) is 0 Å². The lowest BCUT2D eigenvalue weighted by Crippen LogP contribution is -2.54. The average Bonchev–Trinajstić information content (AvgIpc) is 2.40. The molecule has 1 heterocycles. The first-order valence-corrected chi connectivity index (χ1v) is 6.19. The van der Waals surface area contributed by atoms with E-state index in [-0.39, 0.29) is 11.9 Å². The highest BCUT2D eigenvalue weighted by Crippen LogP contribution is 2.15. The summed E-state index contributed by atoms with van der Waals surface area (Å²) in [7, 11) is 3.98. The molecule has 1 atom stereocenters. The van der Waals surface area contributed by atoms with Crippen LogP contribution in [0.2, 0.25) is 0 Å². The summed E-state index contributed by atoms with van der Waals surface area (Å²) in [5.41, 5.74) is 1.95. The van der Waals surface area contributed by atoms with E-state index in [2.05, 4.69) is 16.0 Å². The highest BCUT2D eigenvalue weighted by Gasteiger charge is 2.19. The van der Waals surface area contributed by atoms with E-state index in [0.29, 0.717) is 6.54 Å². The first-order chi connectivity index (χ1) is 8.66. The maximum Gasteiger partial charge on any atom is 0.242 e. The molecule has 1 aliphatic heterocycles. The average molecular weight is 248 g/mol. The Kier molecular flexibility index (Phi) is 4.17. The molecular weight excluding hydrogens is 228 g/mol. The van der Waals surface area contributed by atoms with E-state index in [9.17, 15) is 4.79 Å². The highest BCUT2D eigenvalue weighted by atomic mass is 16.2. The van der Waals surface area contributed by atoms with Crippen LogP contribution in [0.15, 0.2) is 24.3 Å².